The molecule has 0 aromatic carbocycles. The van der Waals surface area contributed by atoms with Gasteiger partial charge in [0.05, 0.1) is 0 Å². The first-order valence-corrected chi connectivity index (χ1v) is 12.0. The summed E-state index contributed by atoms with van der Waals surface area (Å²) in [6.07, 6.45) is 5.65. The average Bonchev–Trinajstić information content (AvgIpc) is 3.32. The second kappa shape index (κ2) is 8.10. The Labute approximate surface area is 169 Å². The van der Waals surface area contributed by atoms with Crippen LogP contribution < -0.4 is 4.74 Å². The van der Waals surface area contributed by atoms with Crippen molar-refractivity contribution >= 4 is 21.4 Å². The molecule has 2 aliphatic rings. The van der Waals surface area contributed by atoms with Crippen molar-refractivity contribution in [3.63, 3.8) is 0 Å². The molecule has 28 heavy (non-hydrogen) atoms. The fourth-order valence-electron chi connectivity index (χ4n) is 4.19. The molecule has 0 N–H and O–H groups in total. The van der Waals surface area contributed by atoms with E-state index in [-0.39, 0.29) is 11.0 Å². The molecule has 0 saturated carbocycles. The van der Waals surface area contributed by atoms with E-state index in [0.717, 1.165) is 44.0 Å². The Hall–Kier alpha value is -1.49. The van der Waals surface area contributed by atoms with E-state index in [1.165, 1.54) is 11.3 Å². The lowest BCUT2D eigenvalue weighted by Gasteiger charge is -2.41. The molecule has 8 nitrogen and oxygen atoms in total. The number of nitrogens with zero attached hydrogens (tertiary/aromatic N) is 4. The highest BCUT2D eigenvalue weighted by Gasteiger charge is 2.36. The zero-order valence-corrected chi connectivity index (χ0v) is 17.8. The molecular weight excluding hydrogens is 400 g/mol. The number of aryl methyl sites for hydroxylation is 2. The van der Waals surface area contributed by atoms with Crippen molar-refractivity contribution in [2.24, 2.45) is 0 Å². The molecule has 0 spiro atoms. The van der Waals surface area contributed by atoms with Gasteiger partial charge in [-0.1, -0.05) is 16.5 Å². The van der Waals surface area contributed by atoms with Crippen LogP contribution >= 0.6 is 11.3 Å². The fraction of sp³-hybridized carbons (Fsp3) is 0.667. The molecule has 2 fully saturated rings. The summed E-state index contributed by atoms with van der Waals surface area (Å²) in [5.41, 5.74) is 0.432. The van der Waals surface area contributed by atoms with E-state index < -0.39 is 10.0 Å². The van der Waals surface area contributed by atoms with Gasteiger partial charge in [-0.2, -0.15) is 4.31 Å². The van der Waals surface area contributed by atoms with Gasteiger partial charge in [0.1, 0.15) is 16.7 Å². The summed E-state index contributed by atoms with van der Waals surface area (Å²) in [6.45, 7) is 6.36. The fourth-order valence-corrected chi connectivity index (χ4v) is 6.50. The number of hydrogen-bond donors (Lipinski definition) is 0. The molecule has 0 bridgehead atoms. The Bertz CT molecular complexity index is 861. The monoisotopic (exact) mass is 426 g/mol. The number of sulfonamides is 1. The van der Waals surface area contributed by atoms with Crippen molar-refractivity contribution in [3.8, 4) is 5.19 Å². The van der Waals surface area contributed by atoms with E-state index in [4.69, 9.17) is 9.26 Å². The molecule has 0 amide bonds. The molecule has 2 aromatic heterocycles. The van der Waals surface area contributed by atoms with Gasteiger partial charge in [0, 0.05) is 43.8 Å². The lowest BCUT2D eigenvalue weighted by Crippen LogP contribution is -2.50. The van der Waals surface area contributed by atoms with E-state index in [1.54, 1.807) is 24.3 Å². The van der Waals surface area contributed by atoms with Crippen LogP contribution in [0.25, 0.3) is 0 Å². The molecule has 154 valence electrons. The van der Waals surface area contributed by atoms with Crippen molar-refractivity contribution < 1.29 is 17.7 Å². The minimum Gasteiger partial charge on any atom is -0.467 e. The summed E-state index contributed by atoms with van der Waals surface area (Å²) in [5, 5.41) is 6.47. The zero-order chi connectivity index (χ0) is 19.7. The predicted octanol–water partition coefficient (Wildman–Crippen LogP) is 2.44. The first-order valence-electron chi connectivity index (χ1n) is 9.68. The van der Waals surface area contributed by atoms with Crippen molar-refractivity contribution in [2.75, 3.05) is 26.2 Å². The number of rotatable bonds is 5. The lowest BCUT2D eigenvalue weighted by molar-refractivity contribution is 0.0584. The van der Waals surface area contributed by atoms with E-state index in [1.807, 2.05) is 5.38 Å². The molecule has 4 heterocycles. The third kappa shape index (κ3) is 3.96. The van der Waals surface area contributed by atoms with Crippen molar-refractivity contribution in [1.29, 1.82) is 0 Å². The molecule has 0 atom stereocenters. The van der Waals surface area contributed by atoms with E-state index in [9.17, 15) is 8.42 Å². The summed E-state index contributed by atoms with van der Waals surface area (Å²) in [4.78, 5) is 6.91. The number of hydrogen-bond acceptors (Lipinski definition) is 8. The highest BCUT2D eigenvalue weighted by molar-refractivity contribution is 7.89. The van der Waals surface area contributed by atoms with E-state index in [2.05, 4.69) is 15.0 Å². The SMILES string of the molecule is Cc1noc(C)c1S(=O)(=O)N1CCC(N2CCC(Oc3nccs3)CC2)CC1. The Morgan fingerprint density at radius 3 is 2.43 bits per heavy atom. The van der Waals surface area contributed by atoms with Crippen molar-refractivity contribution in [3.05, 3.63) is 23.0 Å². The van der Waals surface area contributed by atoms with E-state index >= 15 is 0 Å². The van der Waals surface area contributed by atoms with Gasteiger partial charge in [0.25, 0.3) is 5.19 Å². The standard InChI is InChI=1S/C18H26N4O4S2/c1-13-17(14(2)26-20-13)28(23,24)22-10-3-15(4-11-22)21-8-5-16(6-9-21)25-18-19-7-12-27-18/h7,12,15-16H,3-6,8-11H2,1-2H3. The van der Waals surface area contributed by atoms with Crippen LogP contribution in [0.15, 0.2) is 21.0 Å². The van der Waals surface area contributed by atoms with Crippen molar-refractivity contribution in [1.82, 2.24) is 19.3 Å². The Morgan fingerprint density at radius 1 is 1.14 bits per heavy atom. The van der Waals surface area contributed by atoms with Crippen LogP contribution in [-0.4, -0.2) is 66.1 Å². The van der Waals surface area contributed by atoms with Crippen LogP contribution in [0.2, 0.25) is 0 Å². The third-order valence-electron chi connectivity index (χ3n) is 5.66. The van der Waals surface area contributed by atoms with Gasteiger partial charge in [-0.05, 0) is 39.5 Å². The average molecular weight is 427 g/mol. The Balaban J connectivity index is 1.30. The summed E-state index contributed by atoms with van der Waals surface area (Å²) in [6, 6.07) is 0.428. The van der Waals surface area contributed by atoms with Gasteiger partial charge < -0.3 is 14.2 Å². The topological polar surface area (TPSA) is 88.8 Å². The summed E-state index contributed by atoms with van der Waals surface area (Å²) >= 11 is 1.53. The van der Waals surface area contributed by atoms with Crippen LogP contribution in [-0.2, 0) is 10.0 Å². The summed E-state index contributed by atoms with van der Waals surface area (Å²) in [7, 11) is -3.54. The zero-order valence-electron chi connectivity index (χ0n) is 16.2. The maximum absolute atomic E-state index is 13.0. The summed E-state index contributed by atoms with van der Waals surface area (Å²) < 4.78 is 38.5. The number of piperidine rings is 2. The molecule has 0 aliphatic carbocycles. The molecule has 4 rings (SSSR count). The molecule has 0 radical (unpaired) electrons. The van der Waals surface area contributed by atoms with Crippen LogP contribution in [0.4, 0.5) is 0 Å². The minimum atomic E-state index is -3.54. The lowest BCUT2D eigenvalue weighted by atomic mass is 10.00. The molecule has 2 aliphatic heterocycles. The largest absolute Gasteiger partial charge is 0.467 e. The first-order chi connectivity index (χ1) is 13.4. The number of aromatic nitrogens is 2. The maximum Gasteiger partial charge on any atom is 0.273 e. The molecule has 10 heteroatoms. The van der Waals surface area contributed by atoms with Gasteiger partial charge in [0.15, 0.2) is 5.76 Å². The molecule has 2 saturated heterocycles. The highest BCUT2D eigenvalue weighted by atomic mass is 32.2. The van der Waals surface area contributed by atoms with Crippen LogP contribution in [0.5, 0.6) is 5.19 Å². The molecular formula is C18H26N4O4S2. The van der Waals surface area contributed by atoms with E-state index in [0.29, 0.717) is 30.6 Å². The quantitative estimate of drug-likeness (QED) is 0.725. The normalized spacial score (nSPS) is 21.2. The van der Waals surface area contributed by atoms with Crippen LogP contribution in [0.1, 0.15) is 37.1 Å². The Morgan fingerprint density at radius 2 is 1.86 bits per heavy atom. The second-order valence-electron chi connectivity index (χ2n) is 7.44. The Kier molecular flexibility index (Phi) is 5.73. The van der Waals surface area contributed by atoms with Gasteiger partial charge in [-0.25, -0.2) is 13.4 Å². The van der Waals surface area contributed by atoms with Crippen LogP contribution in [0.3, 0.4) is 0 Å². The third-order valence-corrected chi connectivity index (χ3v) is 8.46. The van der Waals surface area contributed by atoms with Crippen molar-refractivity contribution in [2.45, 2.75) is 56.6 Å². The van der Waals surface area contributed by atoms with Crippen LogP contribution in [0, 0.1) is 13.8 Å². The minimum absolute atomic E-state index is 0.224. The number of ether oxygens (including phenoxy) is 1. The number of thiazole rings is 1. The highest BCUT2D eigenvalue weighted by Crippen LogP contribution is 2.29. The second-order valence-corrected chi connectivity index (χ2v) is 10.2. The molecule has 2 aromatic rings. The smallest absolute Gasteiger partial charge is 0.273 e. The van der Waals surface area contributed by atoms with Gasteiger partial charge in [-0.15, -0.1) is 0 Å². The molecule has 0 unspecified atom stereocenters. The number of likely N-dealkylation sites (tertiary alicyclic amines) is 1. The summed E-state index contributed by atoms with van der Waals surface area (Å²) in [5.74, 6) is 0.363. The van der Waals surface area contributed by atoms with Gasteiger partial charge >= 0.3 is 0 Å². The first kappa shape index (κ1) is 19.8. The predicted molar refractivity (Wildman–Crippen MR) is 105 cm³/mol. The maximum atomic E-state index is 13.0. The van der Waals surface area contributed by atoms with Gasteiger partial charge in [0.2, 0.25) is 10.0 Å². The van der Waals surface area contributed by atoms with Gasteiger partial charge in [-0.3, -0.25) is 0 Å².